The quantitative estimate of drug-likeness (QED) is 0.428. The van der Waals surface area contributed by atoms with Crippen molar-refractivity contribution >= 4 is 0 Å². The maximum Gasteiger partial charge on any atom is 0.111 e. The van der Waals surface area contributed by atoms with Crippen LogP contribution in [0.2, 0.25) is 0 Å². The summed E-state index contributed by atoms with van der Waals surface area (Å²) in [7, 11) is 1.88. The van der Waals surface area contributed by atoms with Gasteiger partial charge < -0.3 is 24.3 Å². The van der Waals surface area contributed by atoms with E-state index < -0.39 is 0 Å². The van der Waals surface area contributed by atoms with Crippen molar-refractivity contribution in [2.45, 2.75) is 0 Å². The third-order valence-electron chi connectivity index (χ3n) is 1.92. The summed E-state index contributed by atoms with van der Waals surface area (Å²) in [4.78, 5) is 3.35. The summed E-state index contributed by atoms with van der Waals surface area (Å²) in [6.45, 7) is 4.82. The average Bonchev–Trinajstić information content (AvgIpc) is 2.39. The van der Waals surface area contributed by atoms with Crippen molar-refractivity contribution in [2.24, 2.45) is 0 Å². The van der Waals surface area contributed by atoms with Crippen LogP contribution in [0.25, 0.3) is 0 Å². The second-order valence-electron chi connectivity index (χ2n) is 3.37. The Labute approximate surface area is 108 Å². The molecule has 0 radical (unpaired) electrons. The van der Waals surface area contributed by atoms with Gasteiger partial charge in [0.05, 0.1) is 52.9 Å². The molecule has 0 aliphatic carbocycles. The van der Waals surface area contributed by atoms with Gasteiger partial charge in [0.15, 0.2) is 0 Å². The first-order valence-corrected chi connectivity index (χ1v) is 6.11. The molecule has 0 aliphatic rings. The van der Waals surface area contributed by atoms with Gasteiger partial charge in [-0.05, 0) is 11.6 Å². The zero-order valence-electron chi connectivity index (χ0n) is 11.0. The molecule has 0 rings (SSSR count). The molecule has 7 heteroatoms. The second kappa shape index (κ2) is 16.7. The first-order chi connectivity index (χ1) is 8.91. The van der Waals surface area contributed by atoms with Crippen LogP contribution in [-0.4, -0.2) is 73.1 Å². The van der Waals surface area contributed by atoms with Gasteiger partial charge in [-0.3, -0.25) is 0 Å². The predicted molar refractivity (Wildman–Crippen MR) is 64.3 cm³/mol. The van der Waals surface area contributed by atoms with Gasteiger partial charge in [0, 0.05) is 6.54 Å². The van der Waals surface area contributed by atoms with Gasteiger partial charge >= 0.3 is 0 Å². The van der Waals surface area contributed by atoms with Gasteiger partial charge in [-0.15, -0.1) is 0 Å². The molecule has 0 spiro atoms. The fourth-order valence-corrected chi connectivity index (χ4v) is 1.03. The van der Waals surface area contributed by atoms with Gasteiger partial charge in [0.1, 0.15) is 6.61 Å². The molecule has 110 valence electrons. The van der Waals surface area contributed by atoms with E-state index in [1.165, 1.54) is 0 Å². The van der Waals surface area contributed by atoms with Gasteiger partial charge in [-0.1, -0.05) is 0 Å². The minimum absolute atomic E-state index is 0.0450. The second-order valence-corrected chi connectivity index (χ2v) is 3.37. The molecule has 0 aromatic carbocycles. The van der Waals surface area contributed by atoms with Gasteiger partial charge in [-0.2, -0.15) is 4.94 Å². The van der Waals surface area contributed by atoms with E-state index in [4.69, 9.17) is 18.9 Å². The van der Waals surface area contributed by atoms with Crippen LogP contribution in [-0.2, 0) is 23.9 Å². The van der Waals surface area contributed by atoms with Gasteiger partial charge in [0.2, 0.25) is 0 Å². The first kappa shape index (κ1) is 17.7. The van der Waals surface area contributed by atoms with E-state index in [0.29, 0.717) is 46.2 Å². The summed E-state index contributed by atoms with van der Waals surface area (Å²) in [5.74, 6) is 0. The molecule has 6 nitrogen and oxygen atoms in total. The number of rotatable bonds is 15. The molecule has 0 heterocycles. The highest BCUT2D eigenvalue weighted by molar-refractivity contribution is 4.37. The van der Waals surface area contributed by atoms with Gasteiger partial charge in [-0.25, -0.2) is 0 Å². The van der Waals surface area contributed by atoms with E-state index in [-0.39, 0.29) is 13.2 Å². The molecular weight excluding hydrogens is 245 g/mol. The van der Waals surface area contributed by atoms with Crippen molar-refractivity contribution in [2.75, 3.05) is 73.1 Å². The fourth-order valence-electron chi connectivity index (χ4n) is 1.03. The van der Waals surface area contributed by atoms with Crippen molar-refractivity contribution in [1.29, 1.82) is 0 Å². The Hall–Kier alpha value is -0.310. The highest BCUT2D eigenvalue weighted by Gasteiger charge is 1.92. The monoisotopic (exact) mass is 269 g/mol. The third-order valence-corrected chi connectivity index (χ3v) is 1.92. The highest BCUT2D eigenvalue weighted by atomic mass is 19.3. The summed E-state index contributed by atoms with van der Waals surface area (Å²) in [5, 5.41) is 2.98. The molecule has 0 aromatic heterocycles. The fraction of sp³-hybridized carbons (Fsp3) is 1.00. The van der Waals surface area contributed by atoms with Crippen molar-refractivity contribution in [3.63, 3.8) is 0 Å². The molecule has 0 amide bonds. The molecular formula is C11H24FNO5. The molecule has 0 bridgehead atoms. The summed E-state index contributed by atoms with van der Waals surface area (Å²) in [5.41, 5.74) is 0. The maximum atomic E-state index is 11.2. The summed E-state index contributed by atoms with van der Waals surface area (Å²) in [6.07, 6.45) is 0. The molecule has 18 heavy (non-hydrogen) atoms. The Morgan fingerprint density at radius 1 is 0.667 bits per heavy atom. The van der Waals surface area contributed by atoms with Crippen LogP contribution >= 0.6 is 0 Å². The summed E-state index contributed by atoms with van der Waals surface area (Å²) < 4.78 is 32.0. The summed E-state index contributed by atoms with van der Waals surface area (Å²) >= 11 is 0. The number of ether oxygens (including phenoxy) is 4. The Morgan fingerprint density at radius 3 is 1.44 bits per heavy atom. The first-order valence-electron chi connectivity index (χ1n) is 6.11. The Bertz CT molecular complexity index is 137. The van der Waals surface area contributed by atoms with Crippen LogP contribution in [0.15, 0.2) is 0 Å². The number of nitrogens with one attached hydrogen (secondary N) is 1. The molecule has 0 atom stereocenters. The lowest BCUT2D eigenvalue weighted by molar-refractivity contribution is -0.147. The van der Waals surface area contributed by atoms with Crippen LogP contribution in [0.4, 0.5) is 4.53 Å². The average molecular weight is 269 g/mol. The number of halogens is 1. The smallest absolute Gasteiger partial charge is 0.111 e. The topological polar surface area (TPSA) is 58.2 Å². The zero-order chi connectivity index (χ0) is 13.3. The van der Waals surface area contributed by atoms with Crippen LogP contribution < -0.4 is 5.32 Å². The van der Waals surface area contributed by atoms with Crippen molar-refractivity contribution in [3.8, 4) is 0 Å². The molecule has 0 unspecified atom stereocenters. The number of hydrogen-bond acceptors (Lipinski definition) is 6. The number of hydrogen-bond donors (Lipinski definition) is 1. The van der Waals surface area contributed by atoms with Crippen LogP contribution in [0, 0.1) is 0 Å². The largest absolute Gasteiger partial charge is 0.378 e. The minimum Gasteiger partial charge on any atom is -0.378 e. The molecule has 0 saturated carbocycles. The SMILES string of the molecule is CNCCOCCOCCOCCOCCOF. The van der Waals surface area contributed by atoms with E-state index in [1.807, 2.05) is 7.05 Å². The Balaban J connectivity index is 2.86. The lowest BCUT2D eigenvalue weighted by Crippen LogP contribution is -2.17. The molecule has 0 saturated heterocycles. The van der Waals surface area contributed by atoms with E-state index in [1.54, 1.807) is 0 Å². The van der Waals surface area contributed by atoms with Gasteiger partial charge in [0.25, 0.3) is 0 Å². The molecule has 0 aliphatic heterocycles. The molecule has 0 aromatic rings. The minimum atomic E-state index is -0.0450. The van der Waals surface area contributed by atoms with E-state index in [9.17, 15) is 4.53 Å². The van der Waals surface area contributed by atoms with Crippen molar-refractivity contribution < 1.29 is 28.4 Å². The van der Waals surface area contributed by atoms with Crippen LogP contribution in [0.5, 0.6) is 0 Å². The zero-order valence-corrected chi connectivity index (χ0v) is 11.0. The predicted octanol–water partition coefficient (Wildman–Crippen LogP) is 0.173. The normalized spacial score (nSPS) is 11.0. The molecule has 0 fully saturated rings. The van der Waals surface area contributed by atoms with Crippen LogP contribution in [0.1, 0.15) is 0 Å². The Morgan fingerprint density at radius 2 is 1.06 bits per heavy atom. The van der Waals surface area contributed by atoms with E-state index >= 15 is 0 Å². The summed E-state index contributed by atoms with van der Waals surface area (Å²) in [6, 6.07) is 0. The third kappa shape index (κ3) is 15.7. The van der Waals surface area contributed by atoms with Crippen molar-refractivity contribution in [1.82, 2.24) is 5.32 Å². The lowest BCUT2D eigenvalue weighted by Gasteiger charge is -2.07. The van der Waals surface area contributed by atoms with E-state index in [0.717, 1.165) is 6.54 Å². The maximum absolute atomic E-state index is 11.2. The Kier molecular flexibility index (Phi) is 16.4. The standard InChI is InChI=1S/C11H24FNO5/c1-13-2-3-14-4-5-15-6-7-16-8-9-17-10-11-18-12/h13H,2-11H2,1H3. The number of likely N-dealkylation sites (N-methyl/N-ethyl adjacent to an activating group) is 1. The highest BCUT2D eigenvalue weighted by Crippen LogP contribution is 1.83. The molecule has 1 N–H and O–H groups in total. The van der Waals surface area contributed by atoms with Crippen LogP contribution in [0.3, 0.4) is 0 Å². The van der Waals surface area contributed by atoms with Crippen molar-refractivity contribution in [3.05, 3.63) is 0 Å². The lowest BCUT2D eigenvalue weighted by atomic mass is 10.6. The van der Waals surface area contributed by atoms with E-state index in [2.05, 4.69) is 10.3 Å².